The minimum Gasteiger partial charge on any atom is -0.466 e. The second kappa shape index (κ2) is 6.65. The molecule has 0 unspecified atom stereocenters. The molecule has 0 bridgehead atoms. The zero-order valence-corrected chi connectivity index (χ0v) is 12.6. The van der Waals surface area contributed by atoms with Gasteiger partial charge < -0.3 is 20.4 Å². The van der Waals surface area contributed by atoms with Crippen molar-refractivity contribution in [1.82, 2.24) is 9.88 Å². The molecule has 1 aromatic rings. The van der Waals surface area contributed by atoms with Crippen molar-refractivity contribution in [2.45, 2.75) is 38.6 Å². The Morgan fingerprint density at radius 1 is 1.38 bits per heavy atom. The van der Waals surface area contributed by atoms with Gasteiger partial charge in [0.15, 0.2) is 0 Å². The molecule has 0 atom stereocenters. The number of aromatic nitrogens is 1. The number of aryl methyl sites for hydroxylation is 1. The van der Waals surface area contributed by atoms with Gasteiger partial charge in [-0.2, -0.15) is 0 Å². The molecule has 21 heavy (non-hydrogen) atoms. The van der Waals surface area contributed by atoms with Gasteiger partial charge in [0.25, 0.3) is 5.91 Å². The highest BCUT2D eigenvalue weighted by atomic mass is 16.5. The summed E-state index contributed by atoms with van der Waals surface area (Å²) >= 11 is 0. The molecule has 0 aliphatic heterocycles. The van der Waals surface area contributed by atoms with Crippen LogP contribution in [0.15, 0.2) is 12.3 Å². The maximum Gasteiger partial charge on any atom is 0.308 e. The first-order valence-electron chi connectivity index (χ1n) is 7.40. The lowest BCUT2D eigenvalue weighted by Gasteiger charge is -2.27. The van der Waals surface area contributed by atoms with Crippen LogP contribution >= 0.6 is 0 Å². The molecule has 0 aromatic carbocycles. The summed E-state index contributed by atoms with van der Waals surface area (Å²) in [7, 11) is 1.79. The van der Waals surface area contributed by atoms with E-state index >= 15 is 0 Å². The molecule has 2 rings (SSSR count). The summed E-state index contributed by atoms with van der Waals surface area (Å²) in [6.45, 7) is 2.24. The predicted molar refractivity (Wildman–Crippen MR) is 79.7 cm³/mol. The van der Waals surface area contributed by atoms with Gasteiger partial charge in [-0.1, -0.05) is 0 Å². The monoisotopic (exact) mass is 293 g/mol. The second-order valence-corrected chi connectivity index (χ2v) is 5.54. The molecule has 6 heteroatoms. The molecule has 1 aliphatic rings. The Morgan fingerprint density at radius 2 is 2.05 bits per heavy atom. The van der Waals surface area contributed by atoms with Gasteiger partial charge in [-0.05, 0) is 38.7 Å². The summed E-state index contributed by atoms with van der Waals surface area (Å²) in [5.74, 6) is -0.255. The molecule has 1 heterocycles. The molecule has 0 saturated heterocycles. The van der Waals surface area contributed by atoms with Gasteiger partial charge in [0.2, 0.25) is 0 Å². The molecular formula is C15H23N3O3. The largest absolute Gasteiger partial charge is 0.466 e. The number of nitrogens with zero attached hydrogens (tertiary/aromatic N) is 1. The number of rotatable bonds is 4. The highest BCUT2D eigenvalue weighted by Gasteiger charge is 2.28. The van der Waals surface area contributed by atoms with E-state index in [1.807, 2.05) is 6.92 Å². The number of anilines is 1. The van der Waals surface area contributed by atoms with Crippen LogP contribution in [-0.4, -0.2) is 29.1 Å². The van der Waals surface area contributed by atoms with Crippen LogP contribution in [0, 0.1) is 5.92 Å². The number of esters is 1. The van der Waals surface area contributed by atoms with Crippen molar-refractivity contribution in [2.75, 3.05) is 12.3 Å². The summed E-state index contributed by atoms with van der Waals surface area (Å²) in [6, 6.07) is 1.78. The van der Waals surface area contributed by atoms with Crippen LogP contribution in [0.3, 0.4) is 0 Å². The van der Waals surface area contributed by atoms with E-state index in [1.165, 1.54) is 0 Å². The topological polar surface area (TPSA) is 86.3 Å². The Labute approximate surface area is 124 Å². The molecular weight excluding hydrogens is 270 g/mol. The van der Waals surface area contributed by atoms with Gasteiger partial charge >= 0.3 is 5.97 Å². The summed E-state index contributed by atoms with van der Waals surface area (Å²) in [5.41, 5.74) is 6.81. The molecule has 1 amide bonds. The molecule has 0 spiro atoms. The molecule has 3 N–H and O–H groups in total. The van der Waals surface area contributed by atoms with Crippen LogP contribution in [0.25, 0.3) is 0 Å². The fourth-order valence-corrected chi connectivity index (χ4v) is 2.81. The molecule has 1 aromatic heterocycles. The predicted octanol–water partition coefficient (Wildman–Crippen LogP) is 1.46. The van der Waals surface area contributed by atoms with Crippen LogP contribution in [0.1, 0.15) is 43.1 Å². The number of amides is 1. The molecule has 6 nitrogen and oxygen atoms in total. The second-order valence-electron chi connectivity index (χ2n) is 5.54. The summed E-state index contributed by atoms with van der Waals surface area (Å²) in [6.07, 6.45) is 4.84. The number of nitrogens with one attached hydrogen (secondary N) is 1. The zero-order valence-electron chi connectivity index (χ0n) is 12.6. The Morgan fingerprint density at radius 3 is 2.57 bits per heavy atom. The summed E-state index contributed by atoms with van der Waals surface area (Å²) in [5, 5.41) is 3.01. The van der Waals surface area contributed by atoms with E-state index in [-0.39, 0.29) is 23.8 Å². The van der Waals surface area contributed by atoms with Crippen molar-refractivity contribution >= 4 is 17.6 Å². The number of ether oxygens (including phenoxy) is 1. The summed E-state index contributed by atoms with van der Waals surface area (Å²) in [4.78, 5) is 23.9. The average molecular weight is 293 g/mol. The fourth-order valence-electron chi connectivity index (χ4n) is 2.81. The Hall–Kier alpha value is -1.98. The Bertz CT molecular complexity index is 516. The van der Waals surface area contributed by atoms with E-state index in [2.05, 4.69) is 5.32 Å². The Kier molecular flexibility index (Phi) is 4.88. The quantitative estimate of drug-likeness (QED) is 0.823. The molecule has 1 fully saturated rings. The van der Waals surface area contributed by atoms with Crippen molar-refractivity contribution in [3.05, 3.63) is 18.0 Å². The highest BCUT2D eigenvalue weighted by molar-refractivity contribution is 5.94. The lowest BCUT2D eigenvalue weighted by atomic mass is 9.86. The van der Waals surface area contributed by atoms with E-state index in [1.54, 1.807) is 23.9 Å². The maximum atomic E-state index is 12.2. The van der Waals surface area contributed by atoms with E-state index in [0.29, 0.717) is 18.0 Å². The van der Waals surface area contributed by atoms with E-state index < -0.39 is 0 Å². The third kappa shape index (κ3) is 3.77. The molecule has 1 saturated carbocycles. The van der Waals surface area contributed by atoms with Gasteiger partial charge in [-0.15, -0.1) is 0 Å². The number of nitrogen functional groups attached to an aromatic ring is 1. The zero-order chi connectivity index (χ0) is 15.4. The van der Waals surface area contributed by atoms with Crippen LogP contribution < -0.4 is 11.1 Å². The van der Waals surface area contributed by atoms with Crippen LogP contribution in [-0.2, 0) is 16.6 Å². The van der Waals surface area contributed by atoms with Crippen molar-refractivity contribution in [2.24, 2.45) is 13.0 Å². The smallest absolute Gasteiger partial charge is 0.308 e. The third-order valence-electron chi connectivity index (χ3n) is 3.94. The lowest BCUT2D eigenvalue weighted by molar-refractivity contribution is -0.149. The first-order valence-corrected chi connectivity index (χ1v) is 7.40. The molecule has 116 valence electrons. The van der Waals surface area contributed by atoms with Gasteiger partial charge in [0.05, 0.1) is 18.2 Å². The van der Waals surface area contributed by atoms with Crippen molar-refractivity contribution in [1.29, 1.82) is 0 Å². The number of hydrogen-bond donors (Lipinski definition) is 2. The van der Waals surface area contributed by atoms with Crippen LogP contribution in [0.5, 0.6) is 0 Å². The molecule has 1 aliphatic carbocycles. The number of carbonyl (C=O) groups excluding carboxylic acids is 2. The minimum absolute atomic E-state index is 0.0243. The summed E-state index contributed by atoms with van der Waals surface area (Å²) < 4.78 is 6.76. The van der Waals surface area contributed by atoms with E-state index in [0.717, 1.165) is 25.7 Å². The normalized spacial score (nSPS) is 21.8. The SMILES string of the molecule is CCOC(=O)C1CCC(NC(=O)c2cc(N)cn2C)CC1. The highest BCUT2D eigenvalue weighted by Crippen LogP contribution is 2.25. The first kappa shape index (κ1) is 15.4. The van der Waals surface area contributed by atoms with Crippen LogP contribution in [0.2, 0.25) is 0 Å². The first-order chi connectivity index (χ1) is 10.0. The van der Waals surface area contributed by atoms with Crippen LogP contribution in [0.4, 0.5) is 5.69 Å². The van der Waals surface area contributed by atoms with E-state index in [4.69, 9.17) is 10.5 Å². The fraction of sp³-hybridized carbons (Fsp3) is 0.600. The van der Waals surface area contributed by atoms with Crippen molar-refractivity contribution in [3.8, 4) is 0 Å². The van der Waals surface area contributed by atoms with Gasteiger partial charge in [0, 0.05) is 19.3 Å². The van der Waals surface area contributed by atoms with Crippen molar-refractivity contribution < 1.29 is 14.3 Å². The number of nitrogens with two attached hydrogens (primary N) is 1. The number of hydrogen-bond acceptors (Lipinski definition) is 4. The average Bonchev–Trinajstić information content (AvgIpc) is 2.79. The Balaban J connectivity index is 1.85. The molecule has 0 radical (unpaired) electrons. The lowest BCUT2D eigenvalue weighted by Crippen LogP contribution is -2.39. The van der Waals surface area contributed by atoms with Gasteiger partial charge in [0.1, 0.15) is 5.69 Å². The minimum atomic E-state index is -0.117. The van der Waals surface area contributed by atoms with Gasteiger partial charge in [-0.25, -0.2) is 0 Å². The van der Waals surface area contributed by atoms with Gasteiger partial charge in [-0.3, -0.25) is 9.59 Å². The van der Waals surface area contributed by atoms with E-state index in [9.17, 15) is 9.59 Å². The third-order valence-corrected chi connectivity index (χ3v) is 3.94. The number of carbonyl (C=O) groups is 2. The maximum absolute atomic E-state index is 12.2. The van der Waals surface area contributed by atoms with Crippen molar-refractivity contribution in [3.63, 3.8) is 0 Å². The standard InChI is InChI=1S/C15H23N3O3/c1-3-21-15(20)10-4-6-12(7-5-10)17-14(19)13-8-11(16)9-18(13)2/h8-10,12H,3-7,16H2,1-2H3,(H,17,19).